The second-order valence-electron chi connectivity index (χ2n) is 8.72. The highest BCUT2D eigenvalue weighted by Crippen LogP contribution is 2.21. The molecular formula is C29H32ClN3O2. The predicted octanol–water partition coefficient (Wildman–Crippen LogP) is 6.15. The van der Waals surface area contributed by atoms with Gasteiger partial charge in [0.15, 0.2) is 0 Å². The number of ether oxygens (including phenoxy) is 1. The highest BCUT2D eigenvalue weighted by Gasteiger charge is 2.11. The lowest BCUT2D eigenvalue weighted by atomic mass is 10.1. The molecule has 1 heterocycles. The third-order valence-corrected chi connectivity index (χ3v) is 6.49. The molecular weight excluding hydrogens is 458 g/mol. The van der Waals surface area contributed by atoms with E-state index in [9.17, 15) is 4.79 Å². The fourth-order valence-corrected chi connectivity index (χ4v) is 4.26. The number of aromatic nitrogens is 2. The van der Waals surface area contributed by atoms with E-state index in [1.54, 1.807) is 0 Å². The Balaban J connectivity index is 1.27. The van der Waals surface area contributed by atoms with Gasteiger partial charge in [-0.25, -0.2) is 4.98 Å². The molecule has 0 fully saturated rings. The van der Waals surface area contributed by atoms with Crippen LogP contribution in [-0.2, 0) is 24.2 Å². The fraction of sp³-hybridized carbons (Fsp3) is 0.310. The van der Waals surface area contributed by atoms with Crippen molar-refractivity contribution in [1.29, 1.82) is 0 Å². The lowest BCUT2D eigenvalue weighted by molar-refractivity contribution is -0.121. The first kappa shape index (κ1) is 24.8. The Hall–Kier alpha value is -3.31. The summed E-state index contributed by atoms with van der Waals surface area (Å²) in [7, 11) is 0. The molecule has 0 bridgehead atoms. The first-order valence-electron chi connectivity index (χ1n) is 12.2. The lowest BCUT2D eigenvalue weighted by Crippen LogP contribution is -2.26. The van der Waals surface area contributed by atoms with Crippen LogP contribution in [0.4, 0.5) is 0 Å². The minimum atomic E-state index is 0.0751. The van der Waals surface area contributed by atoms with E-state index in [1.807, 2.05) is 61.5 Å². The molecule has 35 heavy (non-hydrogen) atoms. The molecule has 0 radical (unpaired) electrons. The van der Waals surface area contributed by atoms with Crippen LogP contribution in [0.15, 0.2) is 72.8 Å². The molecule has 5 nitrogen and oxygen atoms in total. The summed E-state index contributed by atoms with van der Waals surface area (Å²) < 4.78 is 8.17. The van der Waals surface area contributed by atoms with Gasteiger partial charge in [-0.2, -0.15) is 0 Å². The SMILES string of the molecule is Cc1cc(OCCCCn2c(CCNC(=O)CCc3ccccc3)nc3ccccc32)ccc1Cl. The zero-order valence-corrected chi connectivity index (χ0v) is 20.9. The predicted molar refractivity (Wildman–Crippen MR) is 142 cm³/mol. The van der Waals surface area contributed by atoms with E-state index in [0.29, 0.717) is 26.0 Å². The van der Waals surface area contributed by atoms with Gasteiger partial charge in [-0.3, -0.25) is 4.79 Å². The first-order valence-corrected chi connectivity index (χ1v) is 12.6. The van der Waals surface area contributed by atoms with Gasteiger partial charge in [-0.05, 0) is 67.6 Å². The van der Waals surface area contributed by atoms with Gasteiger partial charge in [-0.15, -0.1) is 0 Å². The minimum Gasteiger partial charge on any atom is -0.494 e. The van der Waals surface area contributed by atoms with Gasteiger partial charge in [0.25, 0.3) is 0 Å². The number of imidazole rings is 1. The van der Waals surface area contributed by atoms with Gasteiger partial charge >= 0.3 is 0 Å². The molecule has 4 aromatic rings. The molecule has 0 saturated carbocycles. The number of aryl methyl sites for hydroxylation is 3. The Bertz CT molecular complexity index is 1250. The van der Waals surface area contributed by atoms with Crippen molar-refractivity contribution < 1.29 is 9.53 Å². The number of unbranched alkanes of at least 4 members (excludes halogenated alkanes) is 1. The molecule has 0 saturated heterocycles. The van der Waals surface area contributed by atoms with Crippen molar-refractivity contribution in [2.75, 3.05) is 13.2 Å². The number of benzene rings is 3. The molecule has 4 rings (SSSR count). The highest BCUT2D eigenvalue weighted by atomic mass is 35.5. The summed E-state index contributed by atoms with van der Waals surface area (Å²) in [5, 5.41) is 3.81. The van der Waals surface area contributed by atoms with Gasteiger partial charge in [-0.1, -0.05) is 54.1 Å². The van der Waals surface area contributed by atoms with E-state index < -0.39 is 0 Å². The number of fused-ring (bicyclic) bond motifs is 1. The molecule has 1 N–H and O–H groups in total. The summed E-state index contributed by atoms with van der Waals surface area (Å²) in [6.07, 6.45) is 3.86. The van der Waals surface area contributed by atoms with Crippen LogP contribution in [0.25, 0.3) is 11.0 Å². The quantitative estimate of drug-likeness (QED) is 0.243. The van der Waals surface area contributed by atoms with Gasteiger partial charge in [0, 0.05) is 31.0 Å². The highest BCUT2D eigenvalue weighted by molar-refractivity contribution is 6.31. The van der Waals surface area contributed by atoms with Crippen molar-refractivity contribution in [3.05, 3.63) is 94.8 Å². The van der Waals surface area contributed by atoms with Crippen molar-refractivity contribution in [3.8, 4) is 5.75 Å². The third-order valence-electron chi connectivity index (χ3n) is 6.06. The molecule has 0 unspecified atom stereocenters. The summed E-state index contributed by atoms with van der Waals surface area (Å²) in [6, 6.07) is 24.1. The van der Waals surface area contributed by atoms with Crippen molar-refractivity contribution >= 4 is 28.5 Å². The normalized spacial score (nSPS) is 11.0. The maximum atomic E-state index is 12.3. The summed E-state index contributed by atoms with van der Waals surface area (Å²) in [6.45, 7) is 4.07. The van der Waals surface area contributed by atoms with E-state index >= 15 is 0 Å². The van der Waals surface area contributed by atoms with E-state index in [0.717, 1.165) is 59.0 Å². The number of nitrogens with one attached hydrogen (secondary N) is 1. The summed E-state index contributed by atoms with van der Waals surface area (Å²) in [4.78, 5) is 17.1. The number of amides is 1. The molecule has 0 spiro atoms. The molecule has 0 aliphatic rings. The number of rotatable bonds is 12. The van der Waals surface area contributed by atoms with Crippen LogP contribution in [0.2, 0.25) is 5.02 Å². The number of halogens is 1. The van der Waals surface area contributed by atoms with E-state index in [-0.39, 0.29) is 5.91 Å². The van der Waals surface area contributed by atoms with Crippen LogP contribution in [-0.4, -0.2) is 28.6 Å². The molecule has 1 aromatic heterocycles. The second kappa shape index (κ2) is 12.4. The summed E-state index contributed by atoms with van der Waals surface area (Å²) in [5.74, 6) is 1.93. The number of hydrogen-bond acceptors (Lipinski definition) is 3. The maximum Gasteiger partial charge on any atom is 0.220 e. The molecule has 0 aliphatic carbocycles. The lowest BCUT2D eigenvalue weighted by Gasteiger charge is -2.11. The van der Waals surface area contributed by atoms with Gasteiger partial charge < -0.3 is 14.6 Å². The van der Waals surface area contributed by atoms with Crippen molar-refractivity contribution in [2.45, 2.75) is 45.6 Å². The summed E-state index contributed by atoms with van der Waals surface area (Å²) >= 11 is 6.09. The average Bonchev–Trinajstić information content (AvgIpc) is 3.22. The van der Waals surface area contributed by atoms with Crippen molar-refractivity contribution in [2.24, 2.45) is 0 Å². The van der Waals surface area contributed by atoms with Gasteiger partial charge in [0.05, 0.1) is 17.6 Å². The number of hydrogen-bond donors (Lipinski definition) is 1. The Morgan fingerprint density at radius 1 is 1.00 bits per heavy atom. The maximum absolute atomic E-state index is 12.3. The first-order chi connectivity index (χ1) is 17.1. The van der Waals surface area contributed by atoms with Gasteiger partial charge in [0.1, 0.15) is 11.6 Å². The largest absolute Gasteiger partial charge is 0.494 e. The van der Waals surface area contributed by atoms with Gasteiger partial charge in [0.2, 0.25) is 5.91 Å². The zero-order valence-electron chi connectivity index (χ0n) is 20.2. The smallest absolute Gasteiger partial charge is 0.220 e. The Morgan fingerprint density at radius 2 is 1.80 bits per heavy atom. The fourth-order valence-electron chi connectivity index (χ4n) is 4.14. The Morgan fingerprint density at radius 3 is 2.63 bits per heavy atom. The van der Waals surface area contributed by atoms with Crippen molar-refractivity contribution in [1.82, 2.24) is 14.9 Å². The topological polar surface area (TPSA) is 56.1 Å². The van der Waals surface area contributed by atoms with Crippen LogP contribution in [0.5, 0.6) is 5.75 Å². The molecule has 0 atom stereocenters. The number of para-hydroxylation sites is 2. The van der Waals surface area contributed by atoms with E-state index in [1.165, 1.54) is 5.56 Å². The molecule has 182 valence electrons. The van der Waals surface area contributed by atoms with Crippen LogP contribution >= 0.6 is 11.6 Å². The Kier molecular flexibility index (Phi) is 8.79. The van der Waals surface area contributed by atoms with Crippen LogP contribution < -0.4 is 10.1 Å². The van der Waals surface area contributed by atoms with Crippen molar-refractivity contribution in [3.63, 3.8) is 0 Å². The number of carbonyl (C=O) groups is 1. The molecule has 0 aliphatic heterocycles. The third kappa shape index (κ3) is 7.09. The zero-order chi connectivity index (χ0) is 24.5. The van der Waals surface area contributed by atoms with Crippen LogP contribution in [0, 0.1) is 6.92 Å². The van der Waals surface area contributed by atoms with Crippen LogP contribution in [0.3, 0.4) is 0 Å². The Labute approximate surface area is 212 Å². The monoisotopic (exact) mass is 489 g/mol. The standard InChI is InChI=1S/C29H32ClN3O2/c1-22-21-24(14-15-25(22)30)35-20-8-7-19-33-27-12-6-5-11-26(27)32-28(33)17-18-31-29(34)16-13-23-9-3-2-4-10-23/h2-6,9-12,14-15,21H,7-8,13,16-20H2,1H3,(H,31,34). The molecule has 1 amide bonds. The second-order valence-corrected chi connectivity index (χ2v) is 9.13. The minimum absolute atomic E-state index is 0.0751. The van der Waals surface area contributed by atoms with E-state index in [2.05, 4.69) is 28.1 Å². The summed E-state index contributed by atoms with van der Waals surface area (Å²) in [5.41, 5.74) is 4.32. The number of nitrogens with zero attached hydrogens (tertiary/aromatic N) is 2. The molecule has 6 heteroatoms. The van der Waals surface area contributed by atoms with E-state index in [4.69, 9.17) is 21.3 Å². The number of carbonyl (C=O) groups excluding carboxylic acids is 1. The average molecular weight is 490 g/mol. The molecule has 3 aromatic carbocycles. The van der Waals surface area contributed by atoms with Crippen LogP contribution in [0.1, 0.15) is 36.2 Å².